The number of hydrogen-bond acceptors (Lipinski definition) is 0. The van der Waals surface area contributed by atoms with Gasteiger partial charge in [0.1, 0.15) is 0 Å². The molecule has 53 valence electrons. The third-order valence-corrected chi connectivity index (χ3v) is 3.03. The summed E-state index contributed by atoms with van der Waals surface area (Å²) in [4.78, 5) is 0. The normalized spacial score (nSPS) is 26.0. The van der Waals surface area contributed by atoms with Crippen LogP contribution in [-0.2, 0) is 5.11 Å². The lowest BCUT2D eigenvalue weighted by Gasteiger charge is -2.28. The lowest BCUT2D eigenvalue weighted by molar-refractivity contribution is 0.143. The molecule has 9 heavy (non-hydrogen) atoms. The Balaban J connectivity index is 2.37. The highest BCUT2D eigenvalue weighted by molar-refractivity contribution is 9.10. The van der Waals surface area contributed by atoms with Crippen LogP contribution >= 0.6 is 15.9 Å². The maximum absolute atomic E-state index is 10.6. The molecule has 0 unspecified atom stereocenters. The summed E-state index contributed by atoms with van der Waals surface area (Å²) in [6.45, 7) is 0.0486. The van der Waals surface area contributed by atoms with E-state index in [1.165, 1.54) is 19.3 Å². The Bertz CT molecular complexity index is 86.9. The molecule has 0 aromatic heterocycles. The van der Waals surface area contributed by atoms with Gasteiger partial charge in [0.15, 0.2) is 0 Å². The van der Waals surface area contributed by atoms with E-state index in [-0.39, 0.29) is 10.9 Å². The first-order valence-corrected chi connectivity index (χ1v) is 4.33. The van der Waals surface area contributed by atoms with E-state index in [4.69, 9.17) is 0 Å². The van der Waals surface area contributed by atoms with Gasteiger partial charge < -0.3 is 0 Å². The van der Waals surface area contributed by atoms with Gasteiger partial charge in [0.05, 0.1) is 10.9 Å². The largest absolute Gasteiger partial charge is 0.235 e. The van der Waals surface area contributed by atoms with Crippen LogP contribution in [0.2, 0.25) is 0 Å². The molecule has 2 heteroatoms. The first kappa shape index (κ1) is 7.55. The van der Waals surface area contributed by atoms with Crippen LogP contribution in [-0.4, -0.2) is 10.9 Å². The predicted molar refractivity (Wildman–Crippen MR) is 40.3 cm³/mol. The van der Waals surface area contributed by atoms with Crippen molar-refractivity contribution >= 4 is 15.9 Å². The van der Waals surface area contributed by atoms with Crippen LogP contribution < -0.4 is 0 Å². The monoisotopic (exact) mass is 191 g/mol. The smallest absolute Gasteiger partial charge is 0.0975 e. The highest BCUT2D eigenvalue weighted by Crippen LogP contribution is 2.35. The molecule has 1 aliphatic carbocycles. The summed E-state index contributed by atoms with van der Waals surface area (Å²) in [5.74, 6) is 0. The van der Waals surface area contributed by atoms with Crippen molar-refractivity contribution in [3.05, 3.63) is 0 Å². The maximum Gasteiger partial charge on any atom is 0.0975 e. The van der Waals surface area contributed by atoms with Crippen molar-refractivity contribution in [1.82, 2.24) is 0 Å². The average molecular weight is 192 g/mol. The van der Waals surface area contributed by atoms with Crippen molar-refractivity contribution < 1.29 is 5.11 Å². The van der Waals surface area contributed by atoms with Crippen LogP contribution in [0.15, 0.2) is 0 Å². The van der Waals surface area contributed by atoms with Gasteiger partial charge in [-0.1, -0.05) is 35.2 Å². The Hall–Kier alpha value is 0.440. The van der Waals surface area contributed by atoms with Crippen molar-refractivity contribution in [1.29, 1.82) is 0 Å². The van der Waals surface area contributed by atoms with Gasteiger partial charge >= 0.3 is 0 Å². The van der Waals surface area contributed by atoms with Gasteiger partial charge in [-0.15, -0.1) is 0 Å². The Morgan fingerprint density at radius 2 is 1.78 bits per heavy atom. The molecule has 1 aliphatic rings. The molecule has 0 aromatic rings. The van der Waals surface area contributed by atoms with Crippen LogP contribution in [0.25, 0.3) is 0 Å². The molecule has 1 rings (SSSR count). The van der Waals surface area contributed by atoms with E-state index >= 15 is 0 Å². The Morgan fingerprint density at radius 1 is 1.22 bits per heavy atom. The van der Waals surface area contributed by atoms with Crippen LogP contribution in [0.4, 0.5) is 0 Å². The molecule has 1 nitrogen and oxygen atoms in total. The fourth-order valence-corrected chi connectivity index (χ4v) is 1.89. The molecule has 0 amide bonds. The molecule has 1 saturated carbocycles. The number of rotatable bonds is 1. The van der Waals surface area contributed by atoms with E-state index in [1.807, 2.05) is 0 Å². The van der Waals surface area contributed by atoms with Crippen molar-refractivity contribution in [3.8, 4) is 0 Å². The summed E-state index contributed by atoms with van der Waals surface area (Å²) >= 11 is 3.48. The minimum absolute atomic E-state index is 0.0226. The quantitative estimate of drug-likeness (QED) is 0.569. The van der Waals surface area contributed by atoms with E-state index in [1.54, 1.807) is 0 Å². The molecule has 1 fully saturated rings. The molecular formula is C7H12BrO. The Morgan fingerprint density at radius 3 is 2.11 bits per heavy atom. The molecule has 1 radical (unpaired) electrons. The van der Waals surface area contributed by atoms with Crippen molar-refractivity contribution in [2.75, 3.05) is 6.61 Å². The van der Waals surface area contributed by atoms with Gasteiger partial charge in [-0.25, -0.2) is 5.11 Å². The second-order valence-corrected chi connectivity index (χ2v) is 4.54. The molecule has 0 aromatic carbocycles. The molecule has 0 bridgehead atoms. The standard InChI is InChI=1S/C7H12BrO/c8-7(6-9)4-2-1-3-5-7/h1-6H2. The third-order valence-electron chi connectivity index (χ3n) is 2.01. The minimum atomic E-state index is -0.0226. The summed E-state index contributed by atoms with van der Waals surface area (Å²) in [5.41, 5.74) is 0. The molecule has 0 saturated heterocycles. The fraction of sp³-hybridized carbons (Fsp3) is 1.00. The molecule has 0 spiro atoms. The van der Waals surface area contributed by atoms with Gasteiger partial charge in [0, 0.05) is 0 Å². The first-order chi connectivity index (χ1) is 4.27. The Labute approximate surface area is 64.6 Å². The van der Waals surface area contributed by atoms with Gasteiger partial charge in [-0.2, -0.15) is 0 Å². The average Bonchev–Trinajstić information content (AvgIpc) is 1.90. The van der Waals surface area contributed by atoms with Crippen molar-refractivity contribution in [2.45, 2.75) is 36.4 Å². The van der Waals surface area contributed by atoms with E-state index < -0.39 is 0 Å². The highest BCUT2D eigenvalue weighted by atomic mass is 79.9. The zero-order valence-electron chi connectivity index (χ0n) is 5.53. The van der Waals surface area contributed by atoms with Crippen LogP contribution in [0, 0.1) is 0 Å². The van der Waals surface area contributed by atoms with Crippen LogP contribution in [0.5, 0.6) is 0 Å². The predicted octanol–water partition coefficient (Wildman–Crippen LogP) is 2.51. The number of halogens is 1. The second-order valence-electron chi connectivity index (χ2n) is 2.86. The second kappa shape index (κ2) is 3.02. The molecular weight excluding hydrogens is 180 g/mol. The van der Waals surface area contributed by atoms with Gasteiger partial charge in [0.25, 0.3) is 0 Å². The molecule has 0 heterocycles. The summed E-state index contributed by atoms with van der Waals surface area (Å²) in [7, 11) is 0. The maximum atomic E-state index is 10.6. The van der Waals surface area contributed by atoms with Gasteiger partial charge in [0.2, 0.25) is 0 Å². The summed E-state index contributed by atoms with van der Waals surface area (Å²) < 4.78 is -0.0226. The van der Waals surface area contributed by atoms with Crippen LogP contribution in [0.3, 0.4) is 0 Å². The van der Waals surface area contributed by atoms with E-state index in [0.29, 0.717) is 0 Å². The number of alkyl halides is 1. The zero-order chi connectivity index (χ0) is 6.74. The van der Waals surface area contributed by atoms with Gasteiger partial charge in [-0.3, -0.25) is 0 Å². The lowest BCUT2D eigenvalue weighted by atomic mass is 9.90. The number of hydrogen-bond donors (Lipinski definition) is 0. The summed E-state index contributed by atoms with van der Waals surface area (Å²) in [6, 6.07) is 0. The SMILES string of the molecule is [O]CC1(Br)CCCCC1. The van der Waals surface area contributed by atoms with E-state index in [0.717, 1.165) is 12.8 Å². The van der Waals surface area contributed by atoms with Crippen molar-refractivity contribution in [3.63, 3.8) is 0 Å². The molecule has 0 N–H and O–H groups in total. The minimum Gasteiger partial charge on any atom is -0.235 e. The first-order valence-electron chi connectivity index (χ1n) is 3.54. The molecule has 0 aliphatic heterocycles. The van der Waals surface area contributed by atoms with Crippen molar-refractivity contribution in [2.24, 2.45) is 0 Å². The zero-order valence-corrected chi connectivity index (χ0v) is 7.11. The third kappa shape index (κ3) is 1.94. The lowest BCUT2D eigenvalue weighted by Crippen LogP contribution is -2.27. The van der Waals surface area contributed by atoms with Gasteiger partial charge in [-0.05, 0) is 12.8 Å². The van der Waals surface area contributed by atoms with E-state index in [2.05, 4.69) is 15.9 Å². The summed E-state index contributed by atoms with van der Waals surface area (Å²) in [6.07, 6.45) is 5.93. The fourth-order valence-electron chi connectivity index (χ4n) is 1.33. The molecule has 0 atom stereocenters. The Kier molecular flexibility index (Phi) is 2.53. The highest BCUT2D eigenvalue weighted by Gasteiger charge is 2.28. The topological polar surface area (TPSA) is 19.9 Å². The summed E-state index contributed by atoms with van der Waals surface area (Å²) in [5, 5.41) is 10.6. The van der Waals surface area contributed by atoms with E-state index in [9.17, 15) is 5.11 Å². The van der Waals surface area contributed by atoms with Crippen LogP contribution in [0.1, 0.15) is 32.1 Å².